The zero-order valence-electron chi connectivity index (χ0n) is 18.9. The minimum atomic E-state index is -3.98. The van der Waals surface area contributed by atoms with Crippen LogP contribution in [0.15, 0.2) is 48.5 Å². The van der Waals surface area contributed by atoms with Gasteiger partial charge >= 0.3 is 18.2 Å². The minimum absolute atomic E-state index is 0.208. The van der Waals surface area contributed by atoms with E-state index in [1.807, 2.05) is 0 Å². The maximum Gasteiger partial charge on any atom is 0.426 e. The van der Waals surface area contributed by atoms with Crippen LogP contribution in [0.4, 0.5) is 30.7 Å². The van der Waals surface area contributed by atoms with E-state index in [-0.39, 0.29) is 18.2 Å². The van der Waals surface area contributed by atoms with Gasteiger partial charge in [-0.1, -0.05) is 38.3 Å². The number of unbranched alkanes of at least 4 members (excludes halogenated alkanes) is 2. The van der Waals surface area contributed by atoms with Gasteiger partial charge in [-0.2, -0.15) is 22.0 Å². The Morgan fingerprint density at radius 2 is 1.66 bits per heavy atom. The van der Waals surface area contributed by atoms with E-state index in [9.17, 15) is 30.7 Å². The summed E-state index contributed by atoms with van der Waals surface area (Å²) in [6, 6.07) is 3.24. The Bertz CT molecular complexity index is 989. The van der Waals surface area contributed by atoms with Crippen LogP contribution >= 0.6 is 0 Å². The van der Waals surface area contributed by atoms with E-state index < -0.39 is 46.9 Å². The molecule has 0 aliphatic carbocycles. The van der Waals surface area contributed by atoms with E-state index in [4.69, 9.17) is 4.74 Å². The number of halogens is 7. The standard InChI is InChI=1S/C25H25F7O3/c1-2-3-4-5-15-6-11-21(33-14-15)16-7-9-17(10-8-16)25(31,32)35-18-12-19(26)22(20(27)13-18)34-24(30)23(28)29/h7-10,12-13,15,21H,2-6,11,14H2,1H3. The molecule has 10 heteroatoms. The molecule has 0 bridgehead atoms. The fourth-order valence-electron chi connectivity index (χ4n) is 3.90. The van der Waals surface area contributed by atoms with Crippen LogP contribution in [-0.2, 0) is 10.8 Å². The van der Waals surface area contributed by atoms with Crippen LogP contribution in [0.3, 0.4) is 0 Å². The van der Waals surface area contributed by atoms with Gasteiger partial charge in [0.25, 0.3) is 0 Å². The molecule has 1 heterocycles. The highest BCUT2D eigenvalue weighted by atomic mass is 19.3. The summed E-state index contributed by atoms with van der Waals surface area (Å²) in [6.07, 6.45) is -0.758. The van der Waals surface area contributed by atoms with Crippen molar-refractivity contribution in [2.45, 2.75) is 57.7 Å². The molecule has 192 valence electrons. The number of rotatable bonds is 10. The van der Waals surface area contributed by atoms with Gasteiger partial charge in [-0.3, -0.25) is 0 Å². The Balaban J connectivity index is 1.64. The van der Waals surface area contributed by atoms with E-state index in [2.05, 4.69) is 16.4 Å². The SMILES string of the molecule is CCCCCC1CCC(c2ccc(C(F)(F)Oc3cc(F)c(OC(F)=C(F)F)c(F)c3)cc2)OC1. The van der Waals surface area contributed by atoms with Crippen molar-refractivity contribution in [2.75, 3.05) is 6.61 Å². The highest BCUT2D eigenvalue weighted by Gasteiger charge is 2.35. The summed E-state index contributed by atoms with van der Waals surface area (Å²) in [6.45, 7) is 2.76. The first-order chi connectivity index (χ1) is 16.6. The van der Waals surface area contributed by atoms with Crippen LogP contribution in [-0.4, -0.2) is 6.61 Å². The van der Waals surface area contributed by atoms with Gasteiger partial charge in [-0.25, -0.2) is 8.78 Å². The Kier molecular flexibility index (Phi) is 9.04. The maximum atomic E-state index is 14.6. The zero-order valence-corrected chi connectivity index (χ0v) is 18.9. The molecule has 0 saturated carbocycles. The average molecular weight is 506 g/mol. The quantitative estimate of drug-likeness (QED) is 0.184. The molecule has 0 radical (unpaired) electrons. The third kappa shape index (κ3) is 7.13. The van der Waals surface area contributed by atoms with Gasteiger partial charge in [-0.05, 0) is 42.9 Å². The van der Waals surface area contributed by atoms with Crippen LogP contribution in [0.5, 0.6) is 11.5 Å². The monoisotopic (exact) mass is 506 g/mol. The van der Waals surface area contributed by atoms with E-state index in [0.717, 1.165) is 49.8 Å². The Morgan fingerprint density at radius 1 is 1.00 bits per heavy atom. The van der Waals surface area contributed by atoms with Crippen LogP contribution in [0.25, 0.3) is 0 Å². The molecule has 0 spiro atoms. The molecule has 2 atom stereocenters. The number of benzene rings is 2. The molecule has 1 fully saturated rings. The van der Waals surface area contributed by atoms with E-state index in [0.29, 0.717) is 12.5 Å². The summed E-state index contributed by atoms with van der Waals surface area (Å²) in [5.41, 5.74) is 0.148. The summed E-state index contributed by atoms with van der Waals surface area (Å²) in [7, 11) is 0. The molecular weight excluding hydrogens is 481 g/mol. The summed E-state index contributed by atoms with van der Waals surface area (Å²) in [4.78, 5) is 0. The molecule has 1 saturated heterocycles. The van der Waals surface area contributed by atoms with Gasteiger partial charge in [0.05, 0.1) is 18.3 Å². The van der Waals surface area contributed by atoms with Gasteiger partial charge < -0.3 is 14.2 Å². The lowest BCUT2D eigenvalue weighted by Crippen LogP contribution is -2.23. The number of hydrogen-bond acceptors (Lipinski definition) is 3. The van der Waals surface area contributed by atoms with E-state index in [1.54, 1.807) is 0 Å². The Hall–Kier alpha value is -2.75. The molecule has 0 amide bonds. The molecule has 0 N–H and O–H groups in total. The highest BCUT2D eigenvalue weighted by molar-refractivity contribution is 5.36. The van der Waals surface area contributed by atoms with Crippen LogP contribution in [0.1, 0.15) is 62.7 Å². The minimum Gasteiger partial charge on any atom is -0.429 e. The van der Waals surface area contributed by atoms with Crippen LogP contribution in [0.2, 0.25) is 0 Å². The fourth-order valence-corrected chi connectivity index (χ4v) is 3.90. The zero-order chi connectivity index (χ0) is 25.6. The third-order valence-corrected chi connectivity index (χ3v) is 5.76. The molecule has 0 aromatic heterocycles. The third-order valence-electron chi connectivity index (χ3n) is 5.76. The van der Waals surface area contributed by atoms with Crippen molar-refractivity contribution >= 4 is 0 Å². The Labute approximate surface area is 198 Å². The molecule has 2 aromatic rings. The molecular formula is C25H25F7O3. The van der Waals surface area contributed by atoms with Crippen molar-refractivity contribution < 1.29 is 44.9 Å². The smallest absolute Gasteiger partial charge is 0.426 e. The predicted molar refractivity (Wildman–Crippen MR) is 114 cm³/mol. The fraction of sp³-hybridized carbons (Fsp3) is 0.440. The lowest BCUT2D eigenvalue weighted by Gasteiger charge is -2.29. The largest absolute Gasteiger partial charge is 0.429 e. The lowest BCUT2D eigenvalue weighted by atomic mass is 9.91. The Morgan fingerprint density at radius 3 is 2.20 bits per heavy atom. The van der Waals surface area contributed by atoms with Crippen LogP contribution in [0, 0.1) is 17.6 Å². The summed E-state index contributed by atoms with van der Waals surface area (Å²) >= 11 is 0. The van der Waals surface area contributed by atoms with Crippen LogP contribution < -0.4 is 9.47 Å². The van der Waals surface area contributed by atoms with Crippen molar-refractivity contribution in [3.63, 3.8) is 0 Å². The van der Waals surface area contributed by atoms with Gasteiger partial charge in [0.2, 0.25) is 5.75 Å². The summed E-state index contributed by atoms with van der Waals surface area (Å²) < 4.78 is 108. The average Bonchev–Trinajstić information content (AvgIpc) is 2.81. The van der Waals surface area contributed by atoms with Gasteiger partial charge in [0.1, 0.15) is 5.75 Å². The first-order valence-electron chi connectivity index (χ1n) is 11.3. The van der Waals surface area contributed by atoms with Crippen molar-refractivity contribution in [3.05, 3.63) is 71.3 Å². The second-order valence-electron chi connectivity index (χ2n) is 8.35. The summed E-state index contributed by atoms with van der Waals surface area (Å²) in [5.74, 6) is -5.38. The first-order valence-corrected chi connectivity index (χ1v) is 11.3. The predicted octanol–water partition coefficient (Wildman–Crippen LogP) is 8.56. The second-order valence-corrected chi connectivity index (χ2v) is 8.35. The second kappa shape index (κ2) is 11.8. The number of ether oxygens (including phenoxy) is 3. The van der Waals surface area contributed by atoms with Crippen molar-refractivity contribution in [1.29, 1.82) is 0 Å². The molecule has 3 rings (SSSR count). The molecule has 3 nitrogen and oxygen atoms in total. The van der Waals surface area contributed by atoms with Gasteiger partial charge in [-0.15, -0.1) is 0 Å². The first kappa shape index (κ1) is 26.8. The highest BCUT2D eigenvalue weighted by Crippen LogP contribution is 2.37. The normalized spacial score (nSPS) is 18.3. The lowest BCUT2D eigenvalue weighted by molar-refractivity contribution is -0.185. The van der Waals surface area contributed by atoms with Crippen molar-refractivity contribution in [1.82, 2.24) is 0 Å². The van der Waals surface area contributed by atoms with E-state index >= 15 is 0 Å². The molecule has 1 aliphatic heterocycles. The van der Waals surface area contributed by atoms with Gasteiger partial charge in [0.15, 0.2) is 11.6 Å². The van der Waals surface area contributed by atoms with Gasteiger partial charge in [0, 0.05) is 12.1 Å². The topological polar surface area (TPSA) is 27.7 Å². The molecule has 1 aliphatic rings. The molecule has 2 unspecified atom stereocenters. The molecule has 2 aromatic carbocycles. The van der Waals surface area contributed by atoms with E-state index in [1.165, 1.54) is 18.6 Å². The maximum absolute atomic E-state index is 14.6. The number of alkyl halides is 2. The number of hydrogen-bond donors (Lipinski definition) is 0. The van der Waals surface area contributed by atoms with Crippen molar-refractivity contribution in [2.24, 2.45) is 5.92 Å². The molecule has 35 heavy (non-hydrogen) atoms. The summed E-state index contributed by atoms with van der Waals surface area (Å²) in [5, 5.41) is 0. The van der Waals surface area contributed by atoms with Crippen molar-refractivity contribution in [3.8, 4) is 11.5 Å².